The molecule has 0 aliphatic carbocycles. The van der Waals surface area contributed by atoms with Gasteiger partial charge in [-0.05, 0) is 99.3 Å². The minimum absolute atomic E-state index is 0. The zero-order valence-electron chi connectivity index (χ0n) is 31.7. The quantitative estimate of drug-likeness (QED) is 0.120. The zero-order valence-corrected chi connectivity index (χ0v) is 34.5. The maximum atomic E-state index is 9.93. The van der Waals surface area contributed by atoms with Crippen LogP contribution in [0, 0.1) is 27.7 Å². The van der Waals surface area contributed by atoms with E-state index >= 15 is 0 Å². The number of aliphatic hydroxyl groups excluding tert-OH is 1. The number of carbonyl (C=O) groups excluding carboxylic acids is 3. The molecule has 0 aromatic carbocycles. The van der Waals surface area contributed by atoms with Crippen LogP contribution < -0.4 is 0 Å². The molecule has 0 aliphatic rings. The molecular formula is C42H49O11Y-. The van der Waals surface area contributed by atoms with Crippen LogP contribution in [0.5, 0.6) is 0 Å². The van der Waals surface area contributed by atoms with Crippen LogP contribution in [0.3, 0.4) is 0 Å². The number of aliphatic hydroxyl groups is 1. The summed E-state index contributed by atoms with van der Waals surface area (Å²) in [6, 6.07) is 25.2. The SMILES string of the molecule is CCc1ccc(C)o1.CCc1ccco1.CCc1ccco1.Cc1ccc(C=O)o1.Cc1ccc(CO)o1.O=Cc1ccco1.[CH2-]c1ccc(C=O)o1.[Y]. The second-order valence-corrected chi connectivity index (χ2v) is 10.5. The van der Waals surface area contributed by atoms with Gasteiger partial charge in [0.25, 0.3) is 0 Å². The van der Waals surface area contributed by atoms with Crippen molar-refractivity contribution in [1.82, 2.24) is 0 Å². The van der Waals surface area contributed by atoms with Crippen molar-refractivity contribution in [3.05, 3.63) is 174 Å². The molecule has 7 aromatic heterocycles. The molecule has 7 aromatic rings. The molecule has 0 bridgehead atoms. The maximum absolute atomic E-state index is 9.93. The van der Waals surface area contributed by atoms with E-state index in [1.165, 1.54) is 6.26 Å². The summed E-state index contributed by atoms with van der Waals surface area (Å²) in [6.45, 7) is 15.3. The summed E-state index contributed by atoms with van der Waals surface area (Å²) in [5.74, 6) is 8.04. The van der Waals surface area contributed by atoms with Crippen molar-refractivity contribution in [2.24, 2.45) is 0 Å². The van der Waals surface area contributed by atoms with E-state index in [4.69, 9.17) is 31.6 Å². The van der Waals surface area contributed by atoms with Crippen molar-refractivity contribution in [3.8, 4) is 0 Å². The minimum atomic E-state index is -0.00611. The number of hydrogen-bond donors (Lipinski definition) is 1. The molecule has 0 atom stereocenters. The van der Waals surface area contributed by atoms with Gasteiger partial charge in [0.2, 0.25) is 0 Å². The summed E-state index contributed by atoms with van der Waals surface area (Å²) in [4.78, 5) is 29.6. The third-order valence-corrected chi connectivity index (χ3v) is 6.29. The van der Waals surface area contributed by atoms with Crippen LogP contribution in [0.1, 0.15) is 98.5 Å². The molecular weight excluding hydrogens is 769 g/mol. The third kappa shape index (κ3) is 22.8. The Morgan fingerprint density at radius 2 is 0.926 bits per heavy atom. The van der Waals surface area contributed by atoms with Crippen LogP contribution in [-0.4, -0.2) is 24.0 Å². The molecule has 1 N–H and O–H groups in total. The van der Waals surface area contributed by atoms with Crippen molar-refractivity contribution < 1.29 is 83.1 Å². The molecule has 1 radical (unpaired) electrons. The zero-order chi connectivity index (χ0) is 39.3. The van der Waals surface area contributed by atoms with Gasteiger partial charge in [-0.1, -0.05) is 26.8 Å². The van der Waals surface area contributed by atoms with Crippen molar-refractivity contribution in [2.75, 3.05) is 0 Å². The number of furan rings is 7. The van der Waals surface area contributed by atoms with Crippen LogP contribution >= 0.6 is 0 Å². The standard InChI is InChI=1S/C7H10O.C6H8O2.C6H6O2.C6H5O2.2C6H8O.C5H4O2.Y/c1-3-7-5-4-6(2)8-7;3*1-5-2-3-6(4-7)8-5;2*1-2-6-4-3-5-7-6;6-4-5-2-1-3-7-5;/h4-5H,3H2,1-2H3;2-3,7H,4H2,1H3;2-4H,1H3;2-4H,1H2;2*3-5H,2H2,1H3;1-4H;/q;;;-1;;;;. The second kappa shape index (κ2) is 30.4. The Kier molecular flexibility index (Phi) is 27.5. The topological polar surface area (TPSA) is 163 Å². The van der Waals surface area contributed by atoms with Gasteiger partial charge < -0.3 is 36.0 Å². The van der Waals surface area contributed by atoms with Crippen molar-refractivity contribution in [2.45, 2.75) is 67.4 Å². The summed E-state index contributed by atoms with van der Waals surface area (Å²) in [5.41, 5.74) is 0. The predicted octanol–water partition coefficient (Wildman–Crippen LogP) is 10.7. The summed E-state index contributed by atoms with van der Waals surface area (Å²) in [5, 5.41) is 8.46. The Bertz CT molecular complexity index is 1750. The first-order chi connectivity index (χ1) is 25.6. The fraction of sp³-hybridized carbons (Fsp3) is 0.238. The Balaban J connectivity index is 0.000000606. The molecule has 0 fully saturated rings. The van der Waals surface area contributed by atoms with E-state index in [2.05, 4.69) is 32.1 Å². The minimum Gasteiger partial charge on any atom is -0.493 e. The Labute approximate surface area is 341 Å². The van der Waals surface area contributed by atoms with Gasteiger partial charge in [-0.2, -0.15) is 6.07 Å². The van der Waals surface area contributed by atoms with Gasteiger partial charge in [0.05, 0.1) is 18.8 Å². The molecule has 7 rings (SSSR count). The van der Waals surface area contributed by atoms with E-state index in [9.17, 15) is 14.4 Å². The average Bonchev–Trinajstić information content (AvgIpc) is 4.04. The molecule has 12 heteroatoms. The first-order valence-electron chi connectivity index (χ1n) is 16.7. The maximum Gasteiger partial charge on any atom is 0.185 e. The first-order valence-corrected chi connectivity index (χ1v) is 16.7. The molecule has 0 saturated carbocycles. The predicted molar refractivity (Wildman–Crippen MR) is 200 cm³/mol. The van der Waals surface area contributed by atoms with Crippen LogP contribution in [0.15, 0.2) is 135 Å². The monoisotopic (exact) mass is 818 g/mol. The van der Waals surface area contributed by atoms with Gasteiger partial charge in [0.1, 0.15) is 52.7 Å². The van der Waals surface area contributed by atoms with Crippen molar-refractivity contribution in [1.29, 1.82) is 0 Å². The molecule has 7 heterocycles. The number of hydrogen-bond acceptors (Lipinski definition) is 11. The molecule has 0 saturated heterocycles. The number of aldehydes is 3. The Morgan fingerprint density at radius 3 is 1.13 bits per heavy atom. The van der Waals surface area contributed by atoms with Crippen LogP contribution in [0.2, 0.25) is 0 Å². The molecule has 0 amide bonds. The van der Waals surface area contributed by atoms with Crippen LogP contribution in [0.4, 0.5) is 0 Å². The molecule has 0 unspecified atom stereocenters. The smallest absolute Gasteiger partial charge is 0.185 e. The van der Waals surface area contributed by atoms with Gasteiger partial charge in [0, 0.05) is 52.0 Å². The van der Waals surface area contributed by atoms with Crippen LogP contribution in [-0.2, 0) is 58.6 Å². The van der Waals surface area contributed by atoms with Gasteiger partial charge in [-0.3, -0.25) is 14.4 Å². The normalized spacial score (nSPS) is 9.09. The molecule has 11 nitrogen and oxygen atoms in total. The number of carbonyl (C=O) groups is 3. The summed E-state index contributed by atoms with van der Waals surface area (Å²) in [7, 11) is 0. The third-order valence-electron chi connectivity index (χ3n) is 6.29. The average molecular weight is 819 g/mol. The van der Waals surface area contributed by atoms with Crippen LogP contribution in [0.25, 0.3) is 0 Å². The van der Waals surface area contributed by atoms with Gasteiger partial charge >= 0.3 is 0 Å². The number of aryl methyl sites for hydroxylation is 6. The van der Waals surface area contributed by atoms with Gasteiger partial charge in [0.15, 0.2) is 30.4 Å². The molecule has 54 heavy (non-hydrogen) atoms. The Hall–Kier alpha value is -5.10. The van der Waals surface area contributed by atoms with E-state index in [1.807, 2.05) is 56.3 Å². The first kappa shape index (κ1) is 48.9. The second-order valence-electron chi connectivity index (χ2n) is 10.5. The van der Waals surface area contributed by atoms with E-state index in [0.717, 1.165) is 53.8 Å². The Morgan fingerprint density at radius 1 is 0.500 bits per heavy atom. The van der Waals surface area contributed by atoms with E-state index < -0.39 is 0 Å². The van der Waals surface area contributed by atoms with E-state index in [-0.39, 0.29) is 39.3 Å². The van der Waals surface area contributed by atoms with Crippen molar-refractivity contribution >= 4 is 18.9 Å². The molecule has 0 spiro atoms. The number of rotatable bonds is 7. The van der Waals surface area contributed by atoms with Crippen molar-refractivity contribution in [3.63, 3.8) is 0 Å². The summed E-state index contributed by atoms with van der Waals surface area (Å²) in [6.07, 6.45) is 9.83. The molecule has 0 aliphatic heterocycles. The van der Waals surface area contributed by atoms with Gasteiger partial charge in [-0.15, -0.1) is 0 Å². The fourth-order valence-corrected chi connectivity index (χ4v) is 3.61. The van der Waals surface area contributed by atoms with E-state index in [0.29, 0.717) is 47.7 Å². The largest absolute Gasteiger partial charge is 0.493 e. The summed E-state index contributed by atoms with van der Waals surface area (Å²) >= 11 is 0. The van der Waals surface area contributed by atoms with Gasteiger partial charge in [-0.25, -0.2) is 6.92 Å². The summed E-state index contributed by atoms with van der Waals surface area (Å²) < 4.78 is 34.4. The van der Waals surface area contributed by atoms with E-state index in [1.54, 1.807) is 61.9 Å². The fourth-order valence-electron chi connectivity index (χ4n) is 3.61. The molecule has 287 valence electrons.